The number of aromatic nitrogens is 2. The van der Waals surface area contributed by atoms with Gasteiger partial charge in [0.1, 0.15) is 5.82 Å². The number of nitrogens with one attached hydrogen (secondary N) is 2. The average Bonchev–Trinajstić information content (AvgIpc) is 3.39. The van der Waals surface area contributed by atoms with Gasteiger partial charge >= 0.3 is 16.8 Å². The molecule has 2 N–H and O–H groups in total. The summed E-state index contributed by atoms with van der Waals surface area (Å²) in [6.07, 6.45) is 0.642. The van der Waals surface area contributed by atoms with Crippen LogP contribution in [0, 0.1) is 5.82 Å². The first kappa shape index (κ1) is 29.1. The molecule has 1 aliphatic rings. The van der Waals surface area contributed by atoms with E-state index in [-0.39, 0.29) is 57.6 Å². The van der Waals surface area contributed by atoms with Gasteiger partial charge in [-0.25, -0.2) is 9.37 Å². The van der Waals surface area contributed by atoms with E-state index in [1.807, 2.05) is 0 Å². The number of rotatable bonds is 8. The van der Waals surface area contributed by atoms with Gasteiger partial charge in [-0.15, -0.1) is 0 Å². The number of nitrogens with zero attached hydrogens (tertiary/aromatic N) is 3. The van der Waals surface area contributed by atoms with Crippen molar-refractivity contribution < 1.29 is 26.3 Å². The lowest BCUT2D eigenvalue weighted by Gasteiger charge is -2.18. The van der Waals surface area contributed by atoms with Crippen molar-refractivity contribution in [2.24, 2.45) is 7.05 Å². The quantitative estimate of drug-likeness (QED) is 0.257. The molecule has 0 amide bonds. The smallest absolute Gasteiger partial charge is 0.345 e. The van der Waals surface area contributed by atoms with E-state index >= 15 is 0 Å². The number of hydrogen-bond acceptors (Lipinski definition) is 6. The van der Waals surface area contributed by atoms with Crippen LogP contribution >= 0.6 is 23.2 Å². The Morgan fingerprint density at radius 1 is 1.07 bits per heavy atom. The van der Waals surface area contributed by atoms with Crippen LogP contribution in [-0.4, -0.2) is 48.1 Å². The zero-order valence-electron chi connectivity index (χ0n) is 21.2. The second kappa shape index (κ2) is 11.5. The summed E-state index contributed by atoms with van der Waals surface area (Å²) >= 11 is 13.1. The zero-order valence-corrected chi connectivity index (χ0v) is 23.6. The first-order valence-corrected chi connectivity index (χ1v) is 14.3. The molecular weight excluding hydrogens is 606 g/mol. The molecule has 15 heteroatoms. The lowest BCUT2D eigenvalue weighted by Crippen LogP contribution is -2.35. The van der Waals surface area contributed by atoms with E-state index in [1.165, 1.54) is 42.2 Å². The summed E-state index contributed by atoms with van der Waals surface area (Å²) in [4.78, 5) is 16.8. The fraction of sp³-hybridized carbons (Fsp3) is 0.231. The van der Waals surface area contributed by atoms with Crippen LogP contribution < -0.4 is 15.6 Å². The van der Waals surface area contributed by atoms with E-state index in [0.29, 0.717) is 16.6 Å². The Labute approximate surface area is 242 Å². The number of benzene rings is 3. The van der Waals surface area contributed by atoms with E-state index in [4.69, 9.17) is 23.2 Å². The third-order valence-corrected chi connectivity index (χ3v) is 8.85. The number of alkyl halides is 2. The normalized spacial score (nSPS) is 16.0. The summed E-state index contributed by atoms with van der Waals surface area (Å²) in [5.41, 5.74) is 1.39. The third kappa shape index (κ3) is 5.99. The fourth-order valence-corrected chi connectivity index (χ4v) is 6.35. The van der Waals surface area contributed by atoms with Gasteiger partial charge in [-0.2, -0.15) is 21.5 Å². The highest BCUT2D eigenvalue weighted by molar-refractivity contribution is 7.90. The highest BCUT2D eigenvalue weighted by Gasteiger charge is 2.33. The molecule has 0 unspecified atom stereocenters. The molecule has 5 rings (SSSR count). The molecule has 0 radical (unpaired) electrons. The van der Waals surface area contributed by atoms with Crippen molar-refractivity contribution >= 4 is 61.4 Å². The van der Waals surface area contributed by atoms with Crippen LogP contribution in [0.2, 0.25) is 10.0 Å². The van der Waals surface area contributed by atoms with E-state index in [1.54, 1.807) is 24.3 Å². The highest BCUT2D eigenvalue weighted by Crippen LogP contribution is 2.39. The molecule has 3 aromatic carbocycles. The molecule has 2 heterocycles. The minimum Gasteiger partial charge on any atom is -0.351 e. The maximum atomic E-state index is 14.9. The summed E-state index contributed by atoms with van der Waals surface area (Å²) in [7, 11) is -2.47. The molecule has 41 heavy (non-hydrogen) atoms. The number of aryl methyl sites for hydroxylation is 1. The van der Waals surface area contributed by atoms with Gasteiger partial charge in [0, 0.05) is 31.4 Å². The summed E-state index contributed by atoms with van der Waals surface area (Å²) in [6, 6.07) is 12.0. The maximum absolute atomic E-state index is 14.9. The maximum Gasteiger partial charge on any atom is 0.345 e. The summed E-state index contributed by atoms with van der Waals surface area (Å²) in [5.74, 6) is -0.668. The predicted octanol–water partition coefficient (Wildman–Crippen LogP) is 5.76. The van der Waals surface area contributed by atoms with E-state index in [9.17, 15) is 26.4 Å². The van der Waals surface area contributed by atoms with Crippen molar-refractivity contribution in [3.05, 3.63) is 81.1 Å². The Morgan fingerprint density at radius 2 is 1.80 bits per heavy atom. The second-order valence-electron chi connectivity index (χ2n) is 9.24. The number of halogens is 5. The van der Waals surface area contributed by atoms with Gasteiger partial charge in [0.25, 0.3) is 5.56 Å². The van der Waals surface area contributed by atoms with Gasteiger partial charge in [0.2, 0.25) is 0 Å². The molecule has 1 atom stereocenters. The van der Waals surface area contributed by atoms with Crippen molar-refractivity contribution in [1.29, 1.82) is 0 Å². The Hall–Kier alpha value is -3.36. The number of fused-ring (bicyclic) bond motifs is 1. The Balaban J connectivity index is 1.38. The molecule has 0 spiro atoms. The van der Waals surface area contributed by atoms with Crippen molar-refractivity contribution in [1.82, 2.24) is 13.9 Å². The van der Waals surface area contributed by atoms with Crippen molar-refractivity contribution in [3.8, 4) is 11.1 Å². The van der Waals surface area contributed by atoms with Crippen LogP contribution in [0.5, 0.6) is 0 Å². The summed E-state index contributed by atoms with van der Waals surface area (Å²) in [5, 5.41) is 3.12. The SMILES string of the molecule is Cn1cnc2ccc(Nc3c(F)ccc(-c4ccc(NS(=O)(=O)N5CC[C@@H](OC(F)F)C5)cc4)c3Cl)c(Cl)c2c1=O. The van der Waals surface area contributed by atoms with E-state index < -0.39 is 28.7 Å². The first-order chi connectivity index (χ1) is 19.4. The number of ether oxygens (including phenoxy) is 1. The third-order valence-electron chi connectivity index (χ3n) is 6.56. The lowest BCUT2D eigenvalue weighted by molar-refractivity contribution is -0.157. The second-order valence-corrected chi connectivity index (χ2v) is 11.7. The van der Waals surface area contributed by atoms with E-state index in [2.05, 4.69) is 19.8 Å². The number of hydrogen-bond donors (Lipinski definition) is 2. The van der Waals surface area contributed by atoms with Gasteiger partial charge in [0.15, 0.2) is 0 Å². The van der Waals surface area contributed by atoms with Crippen LogP contribution in [-0.2, 0) is 22.0 Å². The highest BCUT2D eigenvalue weighted by atomic mass is 35.5. The predicted molar refractivity (Wildman–Crippen MR) is 152 cm³/mol. The molecular formula is C26H22Cl2F3N5O4S. The molecule has 0 bridgehead atoms. The molecule has 1 saturated heterocycles. The molecule has 216 valence electrons. The molecule has 1 fully saturated rings. The minimum atomic E-state index is -4.01. The number of anilines is 3. The minimum absolute atomic E-state index is 0.0238. The van der Waals surface area contributed by atoms with Gasteiger partial charge in [-0.3, -0.25) is 9.52 Å². The topological polar surface area (TPSA) is 106 Å². The largest absolute Gasteiger partial charge is 0.351 e. The van der Waals surface area contributed by atoms with Crippen molar-refractivity contribution in [2.45, 2.75) is 19.1 Å². The van der Waals surface area contributed by atoms with Crippen LogP contribution in [0.1, 0.15) is 6.42 Å². The lowest BCUT2D eigenvalue weighted by atomic mass is 10.0. The van der Waals surface area contributed by atoms with Gasteiger partial charge in [-0.05, 0) is 48.4 Å². The van der Waals surface area contributed by atoms with E-state index in [0.717, 1.165) is 4.31 Å². The molecule has 1 aliphatic heterocycles. The Kier molecular flexibility index (Phi) is 8.17. The Bertz CT molecular complexity index is 1790. The van der Waals surface area contributed by atoms with Gasteiger partial charge in [-0.1, -0.05) is 35.3 Å². The first-order valence-electron chi connectivity index (χ1n) is 12.2. The Morgan fingerprint density at radius 3 is 2.51 bits per heavy atom. The molecule has 0 aliphatic carbocycles. The molecule has 9 nitrogen and oxygen atoms in total. The van der Waals surface area contributed by atoms with Gasteiger partial charge < -0.3 is 14.6 Å². The average molecular weight is 628 g/mol. The zero-order chi connectivity index (χ0) is 29.5. The monoisotopic (exact) mass is 627 g/mol. The molecule has 1 aromatic heterocycles. The van der Waals surface area contributed by atoms with Gasteiger partial charge in [0.05, 0.1) is 44.8 Å². The van der Waals surface area contributed by atoms with Crippen LogP contribution in [0.25, 0.3) is 22.0 Å². The standard InChI is InChI=1S/C26H22Cl2F3N5O4S/c1-35-13-32-19-8-9-20(23(28)21(19)25(35)37)33-24-18(29)7-6-17(22(24)27)14-2-4-15(5-3-14)34-41(38,39)36-11-10-16(12-36)40-26(30)31/h2-9,13,16,26,33-34H,10-12H2,1H3/t16-/m1/s1. The summed E-state index contributed by atoms with van der Waals surface area (Å²) < 4.78 is 74.4. The van der Waals surface area contributed by atoms with Crippen LogP contribution in [0.4, 0.5) is 30.2 Å². The van der Waals surface area contributed by atoms with Crippen LogP contribution in [0.15, 0.2) is 59.7 Å². The fourth-order valence-electron chi connectivity index (χ4n) is 4.48. The molecule has 0 saturated carbocycles. The molecule has 4 aromatic rings. The van der Waals surface area contributed by atoms with Crippen molar-refractivity contribution in [3.63, 3.8) is 0 Å². The van der Waals surface area contributed by atoms with Crippen molar-refractivity contribution in [2.75, 3.05) is 23.1 Å². The summed E-state index contributed by atoms with van der Waals surface area (Å²) in [6.45, 7) is -3.13. The van der Waals surface area contributed by atoms with Crippen LogP contribution in [0.3, 0.4) is 0 Å².